The molecular weight excluding hydrogens is 521 g/mol. The second-order valence-electron chi connectivity index (χ2n) is 7.00. The van der Waals surface area contributed by atoms with Crippen LogP contribution in [0, 0.1) is 11.5 Å². The Kier molecular flexibility index (Phi) is 7.82. The van der Waals surface area contributed by atoms with E-state index in [1.165, 1.54) is 30.6 Å². The molecule has 3 aromatic rings. The quantitative estimate of drug-likeness (QED) is 0.116. The number of aromatic amines is 1. The highest BCUT2D eigenvalue weighted by Gasteiger charge is 2.39. The van der Waals surface area contributed by atoms with E-state index in [0.29, 0.717) is 23.2 Å². The van der Waals surface area contributed by atoms with Crippen molar-refractivity contribution in [3.8, 4) is 6.19 Å². The van der Waals surface area contributed by atoms with Crippen LogP contribution in [0.25, 0.3) is 0 Å². The summed E-state index contributed by atoms with van der Waals surface area (Å²) in [6.07, 6.45) is -5.65. The minimum absolute atomic E-state index is 0.0561. The third kappa shape index (κ3) is 6.58. The van der Waals surface area contributed by atoms with Crippen LogP contribution >= 0.6 is 23.2 Å². The van der Waals surface area contributed by atoms with Crippen molar-refractivity contribution in [2.75, 3.05) is 11.9 Å². The molecule has 0 aliphatic rings. The van der Waals surface area contributed by atoms with Gasteiger partial charge in [-0.05, 0) is 42.0 Å². The highest BCUT2D eigenvalue weighted by molar-refractivity contribution is 6.36. The van der Waals surface area contributed by atoms with Crippen LogP contribution in [0.1, 0.15) is 28.4 Å². The largest absolute Gasteiger partial charge is 0.416 e. The van der Waals surface area contributed by atoms with Gasteiger partial charge in [-0.1, -0.05) is 23.2 Å². The van der Waals surface area contributed by atoms with Crippen molar-refractivity contribution < 1.29 is 26.3 Å². The Labute approximate surface area is 204 Å². The van der Waals surface area contributed by atoms with Crippen molar-refractivity contribution in [2.45, 2.75) is 18.3 Å². The molecule has 0 bridgehead atoms. The summed E-state index contributed by atoms with van der Waals surface area (Å²) in [6, 6.07) is 5.52. The van der Waals surface area contributed by atoms with Gasteiger partial charge in [0.05, 0.1) is 34.3 Å². The monoisotopic (exact) mass is 534 g/mol. The fourth-order valence-electron chi connectivity index (χ4n) is 3.15. The zero-order valence-electron chi connectivity index (χ0n) is 17.3. The van der Waals surface area contributed by atoms with Crippen LogP contribution in [0.15, 0.2) is 53.8 Å². The molecule has 0 saturated heterocycles. The Hall–Kier alpha value is -3.43. The number of nitriles is 1. The van der Waals surface area contributed by atoms with Crippen LogP contribution in [-0.4, -0.2) is 22.5 Å². The number of guanidine groups is 1. The van der Waals surface area contributed by atoms with E-state index in [0.717, 1.165) is 0 Å². The summed E-state index contributed by atoms with van der Waals surface area (Å²) >= 11 is 11.9. The lowest BCUT2D eigenvalue weighted by Crippen LogP contribution is -2.28. The average molecular weight is 535 g/mol. The molecule has 0 radical (unpaired) electrons. The van der Waals surface area contributed by atoms with Crippen LogP contribution in [0.2, 0.25) is 10.0 Å². The van der Waals surface area contributed by atoms with Crippen molar-refractivity contribution in [3.05, 3.63) is 81.4 Å². The van der Waals surface area contributed by atoms with Crippen LogP contribution in [0.5, 0.6) is 0 Å². The van der Waals surface area contributed by atoms with E-state index in [1.54, 1.807) is 6.19 Å². The second kappa shape index (κ2) is 10.5. The number of benzene rings is 2. The second-order valence-corrected chi connectivity index (χ2v) is 7.84. The smallest absolute Gasteiger partial charge is 0.348 e. The number of nitrogens with one attached hydrogen (secondary N) is 3. The number of halogens is 8. The topological polar surface area (TPSA) is 88.9 Å². The van der Waals surface area contributed by atoms with Gasteiger partial charge in [-0.25, -0.2) is 4.98 Å². The number of aromatic nitrogens is 2. The average Bonchev–Trinajstić information content (AvgIpc) is 3.29. The van der Waals surface area contributed by atoms with Crippen LogP contribution in [0.3, 0.4) is 0 Å². The van der Waals surface area contributed by atoms with Gasteiger partial charge < -0.3 is 10.3 Å². The molecule has 0 aliphatic heterocycles. The standard InChI is InChI=1S/C21H14Cl2F6N6/c22-12-2-4-17(16(23)8-12)35-19(34-10-30)33-9-14(18-31-5-6-32-18)13-7-11(20(24,25)26)1-3-15(13)21(27,28)29/h1-8,14H,9H2,(H,31,32)(H2,33,34,35). The molecule has 1 aromatic heterocycles. The molecule has 2 aromatic carbocycles. The van der Waals surface area contributed by atoms with E-state index in [1.807, 2.05) is 0 Å². The van der Waals surface area contributed by atoms with Crippen LogP contribution in [0.4, 0.5) is 32.0 Å². The van der Waals surface area contributed by atoms with Gasteiger partial charge in [0.1, 0.15) is 5.82 Å². The Morgan fingerprint density at radius 2 is 1.83 bits per heavy atom. The Bertz CT molecular complexity index is 1250. The maximum atomic E-state index is 13.7. The highest BCUT2D eigenvalue weighted by atomic mass is 35.5. The third-order valence-electron chi connectivity index (χ3n) is 4.70. The van der Waals surface area contributed by atoms with E-state index >= 15 is 0 Å². The van der Waals surface area contributed by atoms with Crippen molar-refractivity contribution in [1.82, 2.24) is 15.3 Å². The third-order valence-corrected chi connectivity index (χ3v) is 5.25. The summed E-state index contributed by atoms with van der Waals surface area (Å²) in [7, 11) is 0. The summed E-state index contributed by atoms with van der Waals surface area (Å²) in [5, 5.41) is 14.5. The molecule has 0 amide bonds. The Balaban J connectivity index is 2.07. The zero-order chi connectivity index (χ0) is 25.8. The SMILES string of the molecule is N#CNC(=NCC(c1ncc[nH]1)c1cc(C(F)(F)F)ccc1C(F)(F)F)Nc1ccc(Cl)cc1Cl. The first-order chi connectivity index (χ1) is 16.4. The molecule has 1 heterocycles. The number of imidazole rings is 1. The minimum Gasteiger partial charge on any atom is -0.348 e. The molecule has 0 fully saturated rings. The number of hydrogen-bond donors (Lipinski definition) is 3. The number of hydrogen-bond acceptors (Lipinski definition) is 3. The lowest BCUT2D eigenvalue weighted by Gasteiger charge is -2.21. The summed E-state index contributed by atoms with van der Waals surface area (Å²) in [5.74, 6) is -1.64. The van der Waals surface area contributed by atoms with E-state index in [2.05, 4.69) is 25.6 Å². The molecule has 1 atom stereocenters. The van der Waals surface area contributed by atoms with Crippen LogP contribution < -0.4 is 10.6 Å². The van der Waals surface area contributed by atoms with Crippen molar-refractivity contribution in [3.63, 3.8) is 0 Å². The predicted octanol–water partition coefficient (Wildman–Crippen LogP) is 6.42. The Morgan fingerprint density at radius 1 is 1.09 bits per heavy atom. The number of H-pyrrole nitrogens is 1. The van der Waals surface area contributed by atoms with Crippen molar-refractivity contribution in [1.29, 1.82) is 5.26 Å². The first-order valence-electron chi connectivity index (χ1n) is 9.59. The lowest BCUT2D eigenvalue weighted by atomic mass is 9.91. The number of alkyl halides is 6. The maximum absolute atomic E-state index is 13.7. The Morgan fingerprint density at radius 3 is 2.40 bits per heavy atom. The number of aliphatic imine (C=N–C) groups is 1. The molecule has 0 aliphatic carbocycles. The van der Waals surface area contributed by atoms with E-state index in [-0.39, 0.29) is 22.5 Å². The van der Waals surface area contributed by atoms with E-state index in [4.69, 9.17) is 28.5 Å². The normalized spacial score (nSPS) is 13.3. The van der Waals surface area contributed by atoms with Gasteiger partial charge in [0, 0.05) is 17.4 Å². The lowest BCUT2D eigenvalue weighted by molar-refractivity contribution is -0.142. The van der Waals surface area contributed by atoms with E-state index in [9.17, 15) is 26.3 Å². The fraction of sp³-hybridized carbons (Fsp3) is 0.190. The molecule has 35 heavy (non-hydrogen) atoms. The van der Waals surface area contributed by atoms with Gasteiger partial charge in [0.25, 0.3) is 0 Å². The highest BCUT2D eigenvalue weighted by Crippen LogP contribution is 2.40. The first kappa shape index (κ1) is 26.2. The van der Waals surface area contributed by atoms with Gasteiger partial charge in [-0.2, -0.15) is 31.6 Å². The van der Waals surface area contributed by atoms with Gasteiger partial charge in [0.15, 0.2) is 6.19 Å². The predicted molar refractivity (Wildman–Crippen MR) is 118 cm³/mol. The van der Waals surface area contributed by atoms with Gasteiger partial charge in [-0.3, -0.25) is 10.3 Å². The summed E-state index contributed by atoms with van der Waals surface area (Å²) in [5.41, 5.74) is -2.96. The number of anilines is 1. The maximum Gasteiger partial charge on any atom is 0.416 e. The van der Waals surface area contributed by atoms with Crippen molar-refractivity contribution >= 4 is 34.8 Å². The first-order valence-corrected chi connectivity index (χ1v) is 10.3. The summed E-state index contributed by atoms with van der Waals surface area (Å²) in [4.78, 5) is 10.6. The van der Waals surface area contributed by atoms with Gasteiger partial charge >= 0.3 is 12.4 Å². The molecule has 184 valence electrons. The summed E-state index contributed by atoms with van der Waals surface area (Å²) < 4.78 is 81.1. The molecule has 3 rings (SSSR count). The van der Waals surface area contributed by atoms with Crippen LogP contribution in [-0.2, 0) is 12.4 Å². The number of nitrogens with zero attached hydrogens (tertiary/aromatic N) is 3. The molecule has 0 spiro atoms. The molecule has 14 heteroatoms. The molecule has 6 nitrogen and oxygen atoms in total. The number of rotatable bonds is 5. The van der Waals surface area contributed by atoms with Gasteiger partial charge in [0.2, 0.25) is 5.96 Å². The van der Waals surface area contributed by atoms with Gasteiger partial charge in [-0.15, -0.1) is 0 Å². The zero-order valence-corrected chi connectivity index (χ0v) is 18.8. The fourth-order valence-corrected chi connectivity index (χ4v) is 3.61. The molecular formula is C21H14Cl2F6N6. The minimum atomic E-state index is -4.95. The summed E-state index contributed by atoms with van der Waals surface area (Å²) in [6.45, 7) is -0.514. The molecule has 3 N–H and O–H groups in total. The molecule has 1 unspecified atom stereocenters. The van der Waals surface area contributed by atoms with E-state index < -0.39 is 41.5 Å². The van der Waals surface area contributed by atoms with Crippen molar-refractivity contribution in [2.24, 2.45) is 4.99 Å². The molecule has 0 saturated carbocycles.